The number of sulfonamides is 1. The zero-order valence-electron chi connectivity index (χ0n) is 21.0. The molecule has 1 fully saturated rings. The summed E-state index contributed by atoms with van der Waals surface area (Å²) in [7, 11) is -3.86. The fourth-order valence-corrected chi connectivity index (χ4v) is 5.57. The number of piperazine rings is 1. The van der Waals surface area contributed by atoms with Gasteiger partial charge in [-0.15, -0.1) is 0 Å². The first-order chi connectivity index (χ1) is 17.1. The number of carbonyl (C=O) groups excluding carboxylic acids is 1. The second-order valence-corrected chi connectivity index (χ2v) is 11.4. The number of hydrogen-bond donors (Lipinski definition) is 3. The summed E-state index contributed by atoms with van der Waals surface area (Å²) in [6.45, 7) is 9.99. The van der Waals surface area contributed by atoms with Gasteiger partial charge in [-0.1, -0.05) is 31.2 Å². The van der Waals surface area contributed by atoms with Gasteiger partial charge in [-0.2, -0.15) is 0 Å². The highest BCUT2D eigenvalue weighted by Crippen LogP contribution is 2.32. The molecule has 0 unspecified atom stereocenters. The van der Waals surface area contributed by atoms with Gasteiger partial charge in [0, 0.05) is 54.0 Å². The van der Waals surface area contributed by atoms with Crippen molar-refractivity contribution in [3.05, 3.63) is 60.7 Å². The summed E-state index contributed by atoms with van der Waals surface area (Å²) < 4.78 is 29.4. The van der Waals surface area contributed by atoms with Crippen molar-refractivity contribution < 1.29 is 18.3 Å². The van der Waals surface area contributed by atoms with E-state index in [2.05, 4.69) is 32.8 Å². The number of aliphatic hydroxyl groups is 1. The van der Waals surface area contributed by atoms with Crippen LogP contribution in [0.4, 0.5) is 17.1 Å². The third-order valence-electron chi connectivity index (χ3n) is 6.71. The smallest absolute Gasteiger partial charge is 0.262 e. The summed E-state index contributed by atoms with van der Waals surface area (Å²) in [6, 6.07) is 17.6. The highest BCUT2D eigenvalue weighted by molar-refractivity contribution is 7.93. The Kier molecular flexibility index (Phi) is 7.54. The van der Waals surface area contributed by atoms with Gasteiger partial charge in [-0.25, -0.2) is 8.42 Å². The third kappa shape index (κ3) is 5.48. The third-order valence-corrected chi connectivity index (χ3v) is 8.15. The van der Waals surface area contributed by atoms with Crippen LogP contribution >= 0.6 is 0 Å². The maximum Gasteiger partial charge on any atom is 0.262 e. The number of carbonyl (C=O) groups is 1. The van der Waals surface area contributed by atoms with Crippen molar-refractivity contribution in [1.82, 2.24) is 4.90 Å². The van der Waals surface area contributed by atoms with Crippen LogP contribution < -0.4 is 14.9 Å². The van der Waals surface area contributed by atoms with Crippen molar-refractivity contribution in [1.29, 1.82) is 0 Å². The van der Waals surface area contributed by atoms with Crippen molar-refractivity contribution >= 4 is 43.8 Å². The number of nitrogens with one attached hydrogen (secondary N) is 2. The van der Waals surface area contributed by atoms with Gasteiger partial charge in [0.1, 0.15) is 0 Å². The number of benzene rings is 3. The minimum atomic E-state index is -3.86. The molecule has 36 heavy (non-hydrogen) atoms. The summed E-state index contributed by atoms with van der Waals surface area (Å²) in [5.74, 6) is -0.319. The van der Waals surface area contributed by atoms with Crippen LogP contribution in [0.15, 0.2) is 65.6 Å². The number of rotatable bonds is 8. The van der Waals surface area contributed by atoms with Gasteiger partial charge in [0.2, 0.25) is 5.91 Å². The lowest BCUT2D eigenvalue weighted by atomic mass is 9.93. The fourth-order valence-electron chi connectivity index (χ4n) is 4.28. The lowest BCUT2D eigenvalue weighted by molar-refractivity contribution is -0.125. The van der Waals surface area contributed by atoms with E-state index in [9.17, 15) is 18.3 Å². The molecular weight excluding hydrogens is 476 g/mol. The van der Waals surface area contributed by atoms with Crippen LogP contribution in [0.2, 0.25) is 0 Å². The quantitative estimate of drug-likeness (QED) is 0.427. The molecule has 0 atom stereocenters. The Hall–Kier alpha value is -3.14. The van der Waals surface area contributed by atoms with Gasteiger partial charge in [0.15, 0.2) is 0 Å². The van der Waals surface area contributed by atoms with E-state index in [4.69, 9.17) is 0 Å². The number of fused-ring (bicyclic) bond motifs is 1. The minimum Gasteiger partial charge on any atom is -0.395 e. The van der Waals surface area contributed by atoms with E-state index in [1.54, 1.807) is 50.2 Å². The van der Waals surface area contributed by atoms with Gasteiger partial charge in [0.05, 0.1) is 16.9 Å². The first-order valence-corrected chi connectivity index (χ1v) is 13.7. The number of hydrogen-bond acceptors (Lipinski definition) is 6. The number of amides is 1. The fraction of sp³-hybridized carbons (Fsp3) is 0.370. The van der Waals surface area contributed by atoms with E-state index in [-0.39, 0.29) is 17.4 Å². The molecule has 4 rings (SSSR count). The van der Waals surface area contributed by atoms with Gasteiger partial charge in [0.25, 0.3) is 10.0 Å². The Morgan fingerprint density at radius 2 is 1.53 bits per heavy atom. The Balaban J connectivity index is 1.56. The van der Waals surface area contributed by atoms with E-state index >= 15 is 0 Å². The largest absolute Gasteiger partial charge is 0.395 e. The molecule has 3 aromatic rings. The summed E-state index contributed by atoms with van der Waals surface area (Å²) in [5.41, 5.74) is 1.03. The maximum absolute atomic E-state index is 13.4. The lowest BCUT2D eigenvalue weighted by Gasteiger charge is -2.36. The van der Waals surface area contributed by atoms with E-state index in [1.807, 2.05) is 18.2 Å². The molecule has 0 spiro atoms. The van der Waals surface area contributed by atoms with Crippen LogP contribution in [0.25, 0.3) is 10.8 Å². The van der Waals surface area contributed by atoms with Crippen molar-refractivity contribution in [2.45, 2.75) is 25.7 Å². The van der Waals surface area contributed by atoms with E-state index in [0.29, 0.717) is 16.8 Å². The van der Waals surface area contributed by atoms with Crippen LogP contribution in [0.3, 0.4) is 0 Å². The van der Waals surface area contributed by atoms with Crippen LogP contribution in [0.5, 0.6) is 0 Å². The molecule has 0 aliphatic carbocycles. The van der Waals surface area contributed by atoms with Crippen molar-refractivity contribution in [2.24, 2.45) is 5.41 Å². The van der Waals surface area contributed by atoms with Crippen molar-refractivity contribution in [3.63, 3.8) is 0 Å². The minimum absolute atomic E-state index is 0.219. The number of likely N-dealkylation sites (N-methyl/N-ethyl adjacent to an activating group) is 1. The number of aliphatic hydroxyl groups excluding tert-OH is 1. The van der Waals surface area contributed by atoms with Gasteiger partial charge in [-0.05, 0) is 56.8 Å². The molecule has 8 nitrogen and oxygen atoms in total. The molecule has 3 aromatic carbocycles. The second-order valence-electron chi connectivity index (χ2n) is 9.73. The molecule has 0 aromatic heterocycles. The van der Waals surface area contributed by atoms with E-state index in [1.165, 1.54) is 0 Å². The summed E-state index contributed by atoms with van der Waals surface area (Å²) >= 11 is 0. The Bertz CT molecular complexity index is 1330. The first-order valence-electron chi connectivity index (χ1n) is 12.2. The summed E-state index contributed by atoms with van der Waals surface area (Å²) in [4.78, 5) is 17.2. The standard InChI is InChI=1S/C27H34N4O4S/c1-4-30-15-17-31(18-16-30)24-9-5-8-23-22(24)7-6-10-25(23)36(34,35)29-21-13-11-20(12-14-21)28-26(33)27(2,3)19-32/h5-14,29,32H,4,15-19H2,1-3H3,(H,28,33). The molecular formula is C27H34N4O4S. The normalized spacial score (nSPS) is 15.2. The molecule has 1 aliphatic rings. The monoisotopic (exact) mass is 510 g/mol. The van der Waals surface area contributed by atoms with Crippen LogP contribution in [-0.2, 0) is 14.8 Å². The first kappa shape index (κ1) is 25.9. The molecule has 1 aliphatic heterocycles. The maximum atomic E-state index is 13.4. The predicted molar refractivity (Wildman–Crippen MR) is 145 cm³/mol. The Labute approximate surface area is 213 Å². The summed E-state index contributed by atoms with van der Waals surface area (Å²) in [5, 5.41) is 13.7. The molecule has 1 amide bonds. The number of nitrogens with zero attached hydrogens (tertiary/aromatic N) is 2. The zero-order chi connectivity index (χ0) is 25.9. The van der Waals surface area contributed by atoms with Crippen LogP contribution in [0, 0.1) is 5.41 Å². The second kappa shape index (κ2) is 10.5. The lowest BCUT2D eigenvalue weighted by Crippen LogP contribution is -2.46. The van der Waals surface area contributed by atoms with Crippen LogP contribution in [-0.4, -0.2) is 63.7 Å². The summed E-state index contributed by atoms with van der Waals surface area (Å²) in [6.07, 6.45) is 0. The average Bonchev–Trinajstić information content (AvgIpc) is 2.89. The molecule has 1 heterocycles. The molecule has 1 saturated heterocycles. The molecule has 3 N–H and O–H groups in total. The zero-order valence-corrected chi connectivity index (χ0v) is 21.8. The van der Waals surface area contributed by atoms with Gasteiger partial charge >= 0.3 is 0 Å². The predicted octanol–water partition coefficient (Wildman–Crippen LogP) is 3.74. The topological polar surface area (TPSA) is 102 Å². The van der Waals surface area contributed by atoms with Gasteiger partial charge < -0.3 is 20.2 Å². The average molecular weight is 511 g/mol. The van der Waals surface area contributed by atoms with Crippen molar-refractivity contribution in [2.75, 3.05) is 54.3 Å². The van der Waals surface area contributed by atoms with Gasteiger partial charge in [-0.3, -0.25) is 9.52 Å². The van der Waals surface area contributed by atoms with Crippen molar-refractivity contribution in [3.8, 4) is 0 Å². The Morgan fingerprint density at radius 1 is 0.917 bits per heavy atom. The number of anilines is 3. The molecule has 0 radical (unpaired) electrons. The highest BCUT2D eigenvalue weighted by Gasteiger charge is 2.27. The molecule has 9 heteroatoms. The highest BCUT2D eigenvalue weighted by atomic mass is 32.2. The van der Waals surface area contributed by atoms with E-state index in [0.717, 1.165) is 43.8 Å². The SMILES string of the molecule is CCN1CCN(c2cccc3c(S(=O)(=O)Nc4ccc(NC(=O)C(C)(C)CO)cc4)cccc23)CC1. The Morgan fingerprint density at radius 3 is 2.17 bits per heavy atom. The molecule has 0 saturated carbocycles. The molecule has 0 bridgehead atoms. The molecule has 192 valence electrons. The van der Waals surface area contributed by atoms with Crippen LogP contribution in [0.1, 0.15) is 20.8 Å². The van der Waals surface area contributed by atoms with E-state index < -0.39 is 15.4 Å².